The summed E-state index contributed by atoms with van der Waals surface area (Å²) in [7, 11) is 0. The monoisotopic (exact) mass is 269 g/mol. The summed E-state index contributed by atoms with van der Waals surface area (Å²) in [5.41, 5.74) is 5.36. The van der Waals surface area contributed by atoms with Gasteiger partial charge < -0.3 is 15.2 Å². The Labute approximate surface area is 117 Å². The molecule has 19 heavy (non-hydrogen) atoms. The van der Waals surface area contributed by atoms with Crippen LogP contribution >= 0.6 is 0 Å². The van der Waals surface area contributed by atoms with Gasteiger partial charge in [-0.2, -0.15) is 0 Å². The van der Waals surface area contributed by atoms with Gasteiger partial charge in [0, 0.05) is 12.8 Å². The van der Waals surface area contributed by atoms with Gasteiger partial charge in [-0.25, -0.2) is 4.79 Å². The number of nitrogens with two attached hydrogens (primary N) is 1. The van der Waals surface area contributed by atoms with Gasteiger partial charge in [0.25, 0.3) is 0 Å². The Balaban J connectivity index is 3.28. The molecule has 0 atom stereocenters. The Morgan fingerprint density at radius 1 is 0.947 bits per heavy atom. The van der Waals surface area contributed by atoms with E-state index in [0.29, 0.717) is 26.2 Å². The number of ether oxygens (including phenoxy) is 2. The standard InChI is InChI=1S/C15H27NO3/c1-2-3-4-5-6-7-10-13-18-15(17)19-14-11-8-9-12-16/h2-5,8-14,16H2,1H3. The van der Waals surface area contributed by atoms with Crippen LogP contribution in [0.4, 0.5) is 4.79 Å². The van der Waals surface area contributed by atoms with E-state index in [2.05, 4.69) is 18.8 Å². The lowest BCUT2D eigenvalue weighted by Gasteiger charge is -2.04. The summed E-state index contributed by atoms with van der Waals surface area (Å²) in [5.74, 6) is 6.05. The number of carbonyl (C=O) groups excluding carboxylic acids is 1. The van der Waals surface area contributed by atoms with Gasteiger partial charge in [0.1, 0.15) is 6.61 Å². The van der Waals surface area contributed by atoms with Crippen LogP contribution in [0.1, 0.15) is 58.3 Å². The third-order valence-corrected chi connectivity index (χ3v) is 2.55. The van der Waals surface area contributed by atoms with Crippen molar-refractivity contribution in [2.24, 2.45) is 5.73 Å². The third kappa shape index (κ3) is 14.7. The molecule has 0 fully saturated rings. The second-order valence-corrected chi connectivity index (χ2v) is 4.36. The molecule has 4 nitrogen and oxygen atoms in total. The maximum absolute atomic E-state index is 11.1. The van der Waals surface area contributed by atoms with Crippen LogP contribution in [-0.2, 0) is 9.47 Å². The molecule has 0 saturated carbocycles. The summed E-state index contributed by atoms with van der Waals surface area (Å²) in [6.07, 6.45) is 7.27. The summed E-state index contributed by atoms with van der Waals surface area (Å²) >= 11 is 0. The maximum atomic E-state index is 11.1. The Morgan fingerprint density at radius 3 is 2.42 bits per heavy atom. The Morgan fingerprint density at radius 2 is 1.68 bits per heavy atom. The average molecular weight is 269 g/mol. The summed E-state index contributed by atoms with van der Waals surface area (Å²) in [5, 5.41) is 0. The number of hydrogen-bond donors (Lipinski definition) is 1. The van der Waals surface area contributed by atoms with Crippen LogP contribution in [0.2, 0.25) is 0 Å². The quantitative estimate of drug-likeness (QED) is 0.376. The summed E-state index contributed by atoms with van der Waals surface area (Å²) in [6.45, 7) is 3.56. The van der Waals surface area contributed by atoms with Crippen molar-refractivity contribution in [1.29, 1.82) is 0 Å². The van der Waals surface area contributed by atoms with Gasteiger partial charge in [0.15, 0.2) is 0 Å². The molecule has 4 heteroatoms. The Bertz CT molecular complexity index is 268. The zero-order chi connectivity index (χ0) is 14.2. The molecule has 0 bridgehead atoms. The second kappa shape index (κ2) is 14.8. The number of carbonyl (C=O) groups is 1. The minimum absolute atomic E-state index is 0.308. The highest BCUT2D eigenvalue weighted by Crippen LogP contribution is 1.97. The summed E-state index contributed by atoms with van der Waals surface area (Å²) in [4.78, 5) is 11.1. The van der Waals surface area contributed by atoms with E-state index in [4.69, 9.17) is 15.2 Å². The molecule has 0 aromatic rings. The molecule has 0 saturated heterocycles. The van der Waals surface area contributed by atoms with Gasteiger partial charge in [0.05, 0.1) is 6.61 Å². The molecular formula is C15H27NO3. The first kappa shape index (κ1) is 17.8. The number of rotatable bonds is 10. The molecule has 0 aromatic heterocycles. The summed E-state index contributed by atoms with van der Waals surface area (Å²) < 4.78 is 9.79. The maximum Gasteiger partial charge on any atom is 0.508 e. The Hall–Kier alpha value is -1.21. The van der Waals surface area contributed by atoms with Crippen molar-refractivity contribution in [2.75, 3.05) is 19.8 Å². The average Bonchev–Trinajstić information content (AvgIpc) is 2.41. The van der Waals surface area contributed by atoms with Crippen LogP contribution in [0, 0.1) is 11.8 Å². The lowest BCUT2D eigenvalue weighted by molar-refractivity contribution is 0.0557. The molecule has 0 rings (SSSR count). The van der Waals surface area contributed by atoms with Crippen LogP contribution in [-0.4, -0.2) is 25.9 Å². The van der Waals surface area contributed by atoms with Crippen molar-refractivity contribution in [3.63, 3.8) is 0 Å². The molecule has 0 aliphatic carbocycles. The van der Waals surface area contributed by atoms with E-state index in [1.165, 1.54) is 12.8 Å². The van der Waals surface area contributed by atoms with Gasteiger partial charge >= 0.3 is 6.16 Å². The first-order valence-corrected chi connectivity index (χ1v) is 7.26. The highest BCUT2D eigenvalue weighted by atomic mass is 16.7. The van der Waals surface area contributed by atoms with Crippen molar-refractivity contribution in [1.82, 2.24) is 0 Å². The van der Waals surface area contributed by atoms with E-state index in [9.17, 15) is 4.79 Å². The molecule has 0 aliphatic rings. The van der Waals surface area contributed by atoms with Gasteiger partial charge in [-0.15, -0.1) is 5.92 Å². The van der Waals surface area contributed by atoms with Crippen molar-refractivity contribution in [3.8, 4) is 11.8 Å². The van der Waals surface area contributed by atoms with Crippen LogP contribution in [0.5, 0.6) is 0 Å². The highest BCUT2D eigenvalue weighted by Gasteiger charge is 2.01. The lowest BCUT2D eigenvalue weighted by atomic mass is 10.2. The van der Waals surface area contributed by atoms with Crippen LogP contribution in [0.15, 0.2) is 0 Å². The molecule has 110 valence electrons. The molecule has 2 N–H and O–H groups in total. The highest BCUT2D eigenvalue weighted by molar-refractivity contribution is 5.59. The molecule has 0 heterocycles. The lowest BCUT2D eigenvalue weighted by Crippen LogP contribution is -2.09. The molecular weight excluding hydrogens is 242 g/mol. The largest absolute Gasteiger partial charge is 0.508 e. The molecule has 0 aliphatic heterocycles. The van der Waals surface area contributed by atoms with Gasteiger partial charge in [0.2, 0.25) is 0 Å². The van der Waals surface area contributed by atoms with E-state index in [0.717, 1.165) is 32.1 Å². The van der Waals surface area contributed by atoms with Crippen molar-refractivity contribution in [2.45, 2.75) is 58.3 Å². The van der Waals surface area contributed by atoms with E-state index < -0.39 is 6.16 Å². The normalized spacial score (nSPS) is 9.58. The van der Waals surface area contributed by atoms with E-state index >= 15 is 0 Å². The van der Waals surface area contributed by atoms with E-state index in [1.807, 2.05) is 0 Å². The van der Waals surface area contributed by atoms with E-state index in [1.54, 1.807) is 0 Å². The topological polar surface area (TPSA) is 61.5 Å². The van der Waals surface area contributed by atoms with E-state index in [-0.39, 0.29) is 0 Å². The summed E-state index contributed by atoms with van der Waals surface area (Å²) in [6, 6.07) is 0. The first-order chi connectivity index (χ1) is 9.31. The fraction of sp³-hybridized carbons (Fsp3) is 0.800. The third-order valence-electron chi connectivity index (χ3n) is 2.55. The van der Waals surface area contributed by atoms with Gasteiger partial charge in [-0.05, 0) is 32.2 Å². The van der Waals surface area contributed by atoms with Crippen LogP contribution < -0.4 is 5.73 Å². The molecule has 0 unspecified atom stereocenters. The fourth-order valence-corrected chi connectivity index (χ4v) is 1.45. The molecule has 0 aromatic carbocycles. The smallest absolute Gasteiger partial charge is 0.434 e. The van der Waals surface area contributed by atoms with Crippen molar-refractivity contribution >= 4 is 6.16 Å². The van der Waals surface area contributed by atoms with Gasteiger partial charge in [-0.1, -0.05) is 25.7 Å². The van der Waals surface area contributed by atoms with Crippen LogP contribution in [0.3, 0.4) is 0 Å². The zero-order valence-corrected chi connectivity index (χ0v) is 12.1. The number of hydrogen-bond acceptors (Lipinski definition) is 4. The predicted molar refractivity (Wildman–Crippen MR) is 76.7 cm³/mol. The molecule has 0 spiro atoms. The second-order valence-electron chi connectivity index (χ2n) is 4.36. The van der Waals surface area contributed by atoms with Crippen LogP contribution in [0.25, 0.3) is 0 Å². The minimum Gasteiger partial charge on any atom is -0.434 e. The van der Waals surface area contributed by atoms with Crippen molar-refractivity contribution in [3.05, 3.63) is 0 Å². The van der Waals surface area contributed by atoms with Gasteiger partial charge in [-0.3, -0.25) is 0 Å². The first-order valence-electron chi connectivity index (χ1n) is 7.26. The SMILES string of the molecule is CCCCCC#CCCOC(=O)OCCCCCN. The number of unbranched alkanes of at least 4 members (excludes halogenated alkanes) is 5. The minimum atomic E-state index is -0.597. The Kier molecular flexibility index (Phi) is 13.9. The van der Waals surface area contributed by atoms with Crippen molar-refractivity contribution < 1.29 is 14.3 Å². The molecule has 0 amide bonds. The fourth-order valence-electron chi connectivity index (χ4n) is 1.45. The zero-order valence-electron chi connectivity index (χ0n) is 12.1. The predicted octanol–water partition coefficient (Wildman–Crippen LogP) is 3.24. The molecule has 0 radical (unpaired) electrons.